The van der Waals surface area contributed by atoms with E-state index in [4.69, 9.17) is 22.7 Å². The molecule has 0 saturated carbocycles. The third-order valence-corrected chi connectivity index (χ3v) is 4.23. The molecule has 1 fully saturated rings. The summed E-state index contributed by atoms with van der Waals surface area (Å²) in [6.45, 7) is 4.82. The van der Waals surface area contributed by atoms with Crippen LogP contribution in [0.4, 0.5) is 4.39 Å². The SMILES string of the molecule is COC1CN(Cc2ccc(F)cc2C(N)=S)CCC1C. The van der Waals surface area contributed by atoms with Gasteiger partial charge in [0.05, 0.1) is 6.10 Å². The van der Waals surface area contributed by atoms with E-state index >= 15 is 0 Å². The molecule has 0 bridgehead atoms. The molecule has 0 radical (unpaired) electrons. The van der Waals surface area contributed by atoms with Gasteiger partial charge < -0.3 is 10.5 Å². The first-order valence-corrected chi connectivity index (χ1v) is 7.25. The predicted octanol–water partition coefficient (Wildman–Crippen LogP) is 2.32. The molecule has 110 valence electrons. The number of methoxy groups -OCH3 is 1. The van der Waals surface area contributed by atoms with Gasteiger partial charge >= 0.3 is 0 Å². The third kappa shape index (κ3) is 3.53. The molecule has 2 rings (SSSR count). The first kappa shape index (κ1) is 15.4. The molecule has 0 amide bonds. The standard InChI is InChI=1S/C15H21FN2OS/c1-10-5-6-18(9-14(10)19-2)8-11-3-4-12(16)7-13(11)15(17)20/h3-4,7,10,14H,5-6,8-9H2,1-2H3,(H2,17,20). The molecule has 2 N–H and O–H groups in total. The minimum Gasteiger partial charge on any atom is -0.389 e. The summed E-state index contributed by atoms with van der Waals surface area (Å²) in [6.07, 6.45) is 1.35. The molecule has 1 saturated heterocycles. The van der Waals surface area contributed by atoms with Gasteiger partial charge in [-0.1, -0.05) is 25.2 Å². The number of rotatable bonds is 4. The molecule has 2 atom stereocenters. The van der Waals surface area contributed by atoms with Gasteiger partial charge in [0.25, 0.3) is 0 Å². The smallest absolute Gasteiger partial charge is 0.123 e. The maximum Gasteiger partial charge on any atom is 0.123 e. The van der Waals surface area contributed by atoms with Crippen molar-refractivity contribution in [1.29, 1.82) is 0 Å². The monoisotopic (exact) mass is 296 g/mol. The highest BCUT2D eigenvalue weighted by Gasteiger charge is 2.26. The second-order valence-electron chi connectivity index (χ2n) is 5.44. The molecule has 1 aliphatic heterocycles. The zero-order valence-corrected chi connectivity index (χ0v) is 12.8. The van der Waals surface area contributed by atoms with Gasteiger partial charge in [0, 0.05) is 25.8 Å². The number of thiocarbonyl (C=S) groups is 1. The van der Waals surface area contributed by atoms with Gasteiger partial charge in [0.15, 0.2) is 0 Å². The molecule has 3 nitrogen and oxygen atoms in total. The van der Waals surface area contributed by atoms with Crippen molar-refractivity contribution in [2.75, 3.05) is 20.2 Å². The Kier molecular flexibility index (Phi) is 5.07. The molecular formula is C15H21FN2OS. The summed E-state index contributed by atoms with van der Waals surface area (Å²) in [5.74, 6) is 0.262. The zero-order valence-electron chi connectivity index (χ0n) is 11.9. The number of hydrogen-bond acceptors (Lipinski definition) is 3. The fraction of sp³-hybridized carbons (Fsp3) is 0.533. The lowest BCUT2D eigenvalue weighted by Crippen LogP contribution is -2.43. The van der Waals surface area contributed by atoms with Gasteiger partial charge in [0.2, 0.25) is 0 Å². The minimum absolute atomic E-state index is 0.244. The van der Waals surface area contributed by atoms with Crippen molar-refractivity contribution >= 4 is 17.2 Å². The quantitative estimate of drug-likeness (QED) is 0.866. The Balaban J connectivity index is 2.12. The fourth-order valence-corrected chi connectivity index (χ4v) is 2.90. The van der Waals surface area contributed by atoms with E-state index in [0.29, 0.717) is 11.5 Å². The Labute approximate surface area is 124 Å². The number of ether oxygens (including phenoxy) is 1. The molecule has 20 heavy (non-hydrogen) atoms. The van der Waals surface area contributed by atoms with E-state index < -0.39 is 0 Å². The van der Waals surface area contributed by atoms with Crippen LogP contribution in [0.2, 0.25) is 0 Å². The van der Waals surface area contributed by atoms with Crippen molar-refractivity contribution in [3.63, 3.8) is 0 Å². The molecule has 0 aromatic heterocycles. The molecule has 1 aromatic carbocycles. The molecular weight excluding hydrogens is 275 g/mol. The van der Waals surface area contributed by atoms with E-state index in [-0.39, 0.29) is 16.9 Å². The first-order valence-electron chi connectivity index (χ1n) is 6.84. The second-order valence-corrected chi connectivity index (χ2v) is 5.88. The Bertz CT molecular complexity index is 495. The number of piperidine rings is 1. The molecule has 0 aliphatic carbocycles. The minimum atomic E-state index is -0.307. The van der Waals surface area contributed by atoms with Crippen LogP contribution in [-0.4, -0.2) is 36.2 Å². The highest BCUT2D eigenvalue weighted by molar-refractivity contribution is 7.80. The topological polar surface area (TPSA) is 38.5 Å². The lowest BCUT2D eigenvalue weighted by Gasteiger charge is -2.36. The number of nitrogens with zero attached hydrogens (tertiary/aromatic N) is 1. The number of hydrogen-bond donors (Lipinski definition) is 1. The van der Waals surface area contributed by atoms with Crippen molar-refractivity contribution in [3.8, 4) is 0 Å². The van der Waals surface area contributed by atoms with Crippen LogP contribution in [0.5, 0.6) is 0 Å². The first-order chi connectivity index (χ1) is 9.51. The van der Waals surface area contributed by atoms with Crippen LogP contribution >= 0.6 is 12.2 Å². The fourth-order valence-electron chi connectivity index (χ4n) is 2.71. The van der Waals surface area contributed by atoms with Gasteiger partial charge in [-0.15, -0.1) is 0 Å². The summed E-state index contributed by atoms with van der Waals surface area (Å²) in [6, 6.07) is 4.64. The van der Waals surface area contributed by atoms with Gasteiger partial charge in [-0.05, 0) is 36.6 Å². The predicted molar refractivity (Wildman–Crippen MR) is 82.1 cm³/mol. The third-order valence-electron chi connectivity index (χ3n) is 4.01. The van der Waals surface area contributed by atoms with Gasteiger partial charge in [0.1, 0.15) is 10.8 Å². The van der Waals surface area contributed by atoms with Crippen LogP contribution in [0.1, 0.15) is 24.5 Å². The van der Waals surface area contributed by atoms with Crippen LogP contribution in [0, 0.1) is 11.7 Å². The molecule has 1 aliphatic rings. The Morgan fingerprint density at radius 1 is 1.55 bits per heavy atom. The summed E-state index contributed by atoms with van der Waals surface area (Å²) in [7, 11) is 1.75. The molecule has 0 spiro atoms. The highest BCUT2D eigenvalue weighted by Crippen LogP contribution is 2.22. The van der Waals surface area contributed by atoms with E-state index in [9.17, 15) is 4.39 Å². The number of nitrogens with two attached hydrogens (primary N) is 1. The highest BCUT2D eigenvalue weighted by atomic mass is 32.1. The van der Waals surface area contributed by atoms with E-state index in [1.54, 1.807) is 13.2 Å². The van der Waals surface area contributed by atoms with Gasteiger partial charge in [-0.25, -0.2) is 4.39 Å². The Hall–Kier alpha value is -1.04. The summed E-state index contributed by atoms with van der Waals surface area (Å²) >= 11 is 5.01. The molecule has 5 heteroatoms. The maximum atomic E-state index is 13.3. The average molecular weight is 296 g/mol. The molecule has 1 heterocycles. The average Bonchev–Trinajstić information content (AvgIpc) is 2.42. The second kappa shape index (κ2) is 6.61. The molecule has 1 aromatic rings. The van der Waals surface area contributed by atoms with E-state index in [1.165, 1.54) is 12.1 Å². The van der Waals surface area contributed by atoms with Crippen molar-refractivity contribution in [1.82, 2.24) is 4.90 Å². The largest absolute Gasteiger partial charge is 0.389 e. The lowest BCUT2D eigenvalue weighted by molar-refractivity contribution is -0.00746. The summed E-state index contributed by atoms with van der Waals surface area (Å²) in [4.78, 5) is 2.55. The number of likely N-dealkylation sites (tertiary alicyclic amines) is 1. The summed E-state index contributed by atoms with van der Waals surface area (Å²) < 4.78 is 18.8. The van der Waals surface area contributed by atoms with Crippen LogP contribution in [0.15, 0.2) is 18.2 Å². The zero-order chi connectivity index (χ0) is 14.7. The lowest BCUT2D eigenvalue weighted by atomic mass is 9.95. The van der Waals surface area contributed by atoms with Crippen molar-refractivity contribution < 1.29 is 9.13 Å². The number of benzene rings is 1. The Morgan fingerprint density at radius 3 is 2.95 bits per heavy atom. The van der Waals surface area contributed by atoms with Crippen LogP contribution in [0.3, 0.4) is 0 Å². The van der Waals surface area contributed by atoms with Crippen molar-refractivity contribution in [2.24, 2.45) is 11.7 Å². The van der Waals surface area contributed by atoms with E-state index in [1.807, 2.05) is 0 Å². The summed E-state index contributed by atoms with van der Waals surface area (Å²) in [5.41, 5.74) is 7.29. The summed E-state index contributed by atoms with van der Waals surface area (Å²) in [5, 5.41) is 0. The number of halogens is 1. The van der Waals surface area contributed by atoms with Crippen LogP contribution in [0.25, 0.3) is 0 Å². The maximum absolute atomic E-state index is 13.3. The van der Waals surface area contributed by atoms with Crippen LogP contribution in [-0.2, 0) is 11.3 Å². The van der Waals surface area contributed by atoms with E-state index in [0.717, 1.165) is 31.6 Å². The Morgan fingerprint density at radius 2 is 2.30 bits per heavy atom. The van der Waals surface area contributed by atoms with Gasteiger partial charge in [-0.2, -0.15) is 0 Å². The van der Waals surface area contributed by atoms with E-state index in [2.05, 4.69) is 11.8 Å². The van der Waals surface area contributed by atoms with Gasteiger partial charge in [-0.3, -0.25) is 4.90 Å². The normalized spacial score (nSPS) is 23.8. The van der Waals surface area contributed by atoms with Crippen LogP contribution < -0.4 is 5.73 Å². The van der Waals surface area contributed by atoms with Crippen molar-refractivity contribution in [2.45, 2.75) is 26.0 Å². The van der Waals surface area contributed by atoms with Crippen molar-refractivity contribution in [3.05, 3.63) is 35.1 Å². The molecule has 2 unspecified atom stereocenters.